The van der Waals surface area contributed by atoms with Gasteiger partial charge in [-0.3, -0.25) is 29.8 Å². The summed E-state index contributed by atoms with van der Waals surface area (Å²) in [5, 5.41) is 28.3. The minimum Gasteiger partial charge on any atom is -0.399 e. The first-order valence-corrected chi connectivity index (χ1v) is 7.37. The summed E-state index contributed by atoms with van der Waals surface area (Å²) in [7, 11) is 0. The molecule has 0 spiro atoms. The predicted octanol–water partition coefficient (Wildman–Crippen LogP) is 1.07. The van der Waals surface area contributed by atoms with Crippen molar-refractivity contribution in [1.29, 1.82) is 0 Å². The Labute approximate surface area is 155 Å². The Morgan fingerprint density at radius 1 is 0.821 bits per heavy atom. The van der Waals surface area contributed by atoms with E-state index in [0.717, 1.165) is 12.1 Å². The molecule has 0 aliphatic rings. The number of furan rings is 2. The van der Waals surface area contributed by atoms with E-state index in [0.29, 0.717) is 0 Å². The van der Waals surface area contributed by atoms with E-state index >= 15 is 0 Å². The van der Waals surface area contributed by atoms with Crippen LogP contribution in [0.3, 0.4) is 0 Å². The average Bonchev–Trinajstić information content (AvgIpc) is 3.33. The lowest BCUT2D eigenvalue weighted by molar-refractivity contribution is -0.402. The van der Waals surface area contributed by atoms with Gasteiger partial charge in [-0.05, 0) is 26.0 Å². The van der Waals surface area contributed by atoms with Crippen molar-refractivity contribution in [3.05, 3.63) is 56.0 Å². The number of nitro groups is 2. The Bertz CT molecular complexity index is 921. The molecule has 0 radical (unpaired) electrons. The molecule has 0 fully saturated rings. The smallest absolute Gasteiger partial charge is 0.399 e. The molecular formula is C14H12N6O8. The summed E-state index contributed by atoms with van der Waals surface area (Å²) in [5.41, 5.74) is 4.01. The van der Waals surface area contributed by atoms with Crippen LogP contribution in [0.4, 0.5) is 11.8 Å². The Kier molecular flexibility index (Phi) is 5.95. The van der Waals surface area contributed by atoms with E-state index in [-0.39, 0.29) is 22.9 Å². The van der Waals surface area contributed by atoms with Crippen LogP contribution in [0.1, 0.15) is 25.4 Å². The number of rotatable bonds is 6. The van der Waals surface area contributed by atoms with Gasteiger partial charge in [0.05, 0.1) is 12.1 Å². The fourth-order valence-electron chi connectivity index (χ4n) is 1.72. The zero-order valence-electron chi connectivity index (χ0n) is 14.4. The number of nitrogens with zero attached hydrogens (tertiary/aromatic N) is 4. The van der Waals surface area contributed by atoms with Crippen LogP contribution in [-0.4, -0.2) is 33.1 Å². The second kappa shape index (κ2) is 8.35. The van der Waals surface area contributed by atoms with Gasteiger partial charge in [-0.25, -0.2) is 10.9 Å². The summed E-state index contributed by atoms with van der Waals surface area (Å²) in [6, 6.07) is 4.78. The predicted molar refractivity (Wildman–Crippen MR) is 91.4 cm³/mol. The maximum Gasteiger partial charge on any atom is 0.433 e. The highest BCUT2D eigenvalue weighted by atomic mass is 16.7. The van der Waals surface area contributed by atoms with Crippen LogP contribution in [0.25, 0.3) is 0 Å². The third-order valence-electron chi connectivity index (χ3n) is 3.11. The van der Waals surface area contributed by atoms with E-state index in [1.165, 1.54) is 26.0 Å². The monoisotopic (exact) mass is 392 g/mol. The molecule has 0 atom stereocenters. The second-order valence-corrected chi connectivity index (χ2v) is 5.07. The number of hydrazone groups is 2. The molecule has 2 aromatic rings. The van der Waals surface area contributed by atoms with Crippen molar-refractivity contribution in [3.8, 4) is 0 Å². The lowest BCUT2D eigenvalue weighted by atomic mass is 10.3. The summed E-state index contributed by atoms with van der Waals surface area (Å²) in [6.07, 6.45) is 0. The van der Waals surface area contributed by atoms with Crippen molar-refractivity contribution >= 4 is 35.0 Å². The van der Waals surface area contributed by atoms with Crippen molar-refractivity contribution < 1.29 is 28.3 Å². The quantitative estimate of drug-likeness (QED) is 0.315. The molecule has 146 valence electrons. The average molecular weight is 392 g/mol. The summed E-state index contributed by atoms with van der Waals surface area (Å²) < 4.78 is 9.77. The van der Waals surface area contributed by atoms with Crippen molar-refractivity contribution in [2.75, 3.05) is 0 Å². The van der Waals surface area contributed by atoms with E-state index in [1.54, 1.807) is 0 Å². The summed E-state index contributed by atoms with van der Waals surface area (Å²) in [5.74, 6) is -3.31. The molecular weight excluding hydrogens is 380 g/mol. The molecule has 0 aromatic carbocycles. The van der Waals surface area contributed by atoms with Crippen LogP contribution in [0, 0.1) is 20.2 Å². The highest BCUT2D eigenvalue weighted by Gasteiger charge is 2.17. The Morgan fingerprint density at radius 2 is 1.18 bits per heavy atom. The minimum absolute atomic E-state index is 0.0284. The fraction of sp³-hybridized carbons (Fsp3) is 0.143. The molecule has 0 aliphatic carbocycles. The van der Waals surface area contributed by atoms with Gasteiger partial charge in [0.25, 0.3) is 0 Å². The van der Waals surface area contributed by atoms with Crippen molar-refractivity contribution in [2.24, 2.45) is 10.2 Å². The van der Waals surface area contributed by atoms with E-state index in [2.05, 4.69) is 10.2 Å². The van der Waals surface area contributed by atoms with Crippen molar-refractivity contribution in [2.45, 2.75) is 13.8 Å². The van der Waals surface area contributed by atoms with Crippen molar-refractivity contribution in [1.82, 2.24) is 10.9 Å². The standard InChI is InChI=1S/C14H12N6O8/c1-7(9-3-5-11(27-9)19(23)24)15-17-13(21)14(22)18-16-8(2)10-4-6-12(28-10)20(25)26/h3-6H,1-2H3,(H,17,21)(H,18,22). The molecule has 0 saturated heterocycles. The second-order valence-electron chi connectivity index (χ2n) is 5.07. The first-order chi connectivity index (χ1) is 13.2. The number of amides is 2. The number of hydrogen-bond acceptors (Lipinski definition) is 10. The van der Waals surface area contributed by atoms with Crippen LogP contribution in [0.15, 0.2) is 43.3 Å². The van der Waals surface area contributed by atoms with Gasteiger partial charge >= 0.3 is 23.6 Å². The minimum atomic E-state index is -1.18. The largest absolute Gasteiger partial charge is 0.433 e. The van der Waals surface area contributed by atoms with Gasteiger partial charge in [0.1, 0.15) is 21.3 Å². The number of nitrogens with one attached hydrogen (secondary N) is 2. The number of hydrogen-bond donors (Lipinski definition) is 2. The van der Waals surface area contributed by atoms with Gasteiger partial charge in [0, 0.05) is 0 Å². The van der Waals surface area contributed by atoms with Gasteiger partial charge in [0.2, 0.25) is 0 Å². The van der Waals surface area contributed by atoms with E-state index < -0.39 is 33.4 Å². The maximum absolute atomic E-state index is 11.7. The van der Waals surface area contributed by atoms with Gasteiger partial charge < -0.3 is 8.83 Å². The lowest BCUT2D eigenvalue weighted by Gasteiger charge is -2.01. The number of carbonyl (C=O) groups excluding carboxylic acids is 2. The van der Waals surface area contributed by atoms with Gasteiger partial charge in [-0.15, -0.1) is 0 Å². The van der Waals surface area contributed by atoms with Crippen LogP contribution >= 0.6 is 0 Å². The Hall–Kier alpha value is -4.36. The molecule has 0 bridgehead atoms. The van der Waals surface area contributed by atoms with Crippen LogP contribution < -0.4 is 10.9 Å². The zero-order valence-corrected chi connectivity index (χ0v) is 14.4. The molecule has 0 unspecified atom stereocenters. The van der Waals surface area contributed by atoms with E-state index in [1.807, 2.05) is 10.9 Å². The fourth-order valence-corrected chi connectivity index (χ4v) is 1.72. The molecule has 2 heterocycles. The molecule has 2 aromatic heterocycles. The van der Waals surface area contributed by atoms with Crippen LogP contribution in [0.5, 0.6) is 0 Å². The molecule has 2 N–H and O–H groups in total. The van der Waals surface area contributed by atoms with E-state index in [4.69, 9.17) is 8.83 Å². The van der Waals surface area contributed by atoms with Crippen LogP contribution in [0.2, 0.25) is 0 Å². The SMILES string of the molecule is CC(=NNC(=O)C(=O)NN=C(C)c1ccc([N+](=O)[O-])o1)c1ccc([N+](=O)[O-])o1. The normalized spacial score (nSPS) is 11.8. The van der Waals surface area contributed by atoms with E-state index in [9.17, 15) is 29.8 Å². The van der Waals surface area contributed by atoms with Gasteiger partial charge in [0.15, 0.2) is 11.5 Å². The van der Waals surface area contributed by atoms with Gasteiger partial charge in [-0.1, -0.05) is 0 Å². The summed E-state index contributed by atoms with van der Waals surface area (Å²) in [6.45, 7) is 2.79. The molecule has 2 rings (SSSR count). The Morgan fingerprint density at radius 3 is 1.46 bits per heavy atom. The highest BCUT2D eigenvalue weighted by Crippen LogP contribution is 2.16. The molecule has 14 heteroatoms. The summed E-state index contributed by atoms with van der Waals surface area (Å²) >= 11 is 0. The third-order valence-corrected chi connectivity index (χ3v) is 3.11. The number of carbonyl (C=O) groups is 2. The van der Waals surface area contributed by atoms with Crippen molar-refractivity contribution in [3.63, 3.8) is 0 Å². The highest BCUT2D eigenvalue weighted by molar-refractivity contribution is 6.35. The molecule has 0 aliphatic heterocycles. The molecule has 0 saturated carbocycles. The molecule has 14 nitrogen and oxygen atoms in total. The zero-order chi connectivity index (χ0) is 20.8. The molecule has 2 amide bonds. The topological polar surface area (TPSA) is 195 Å². The first-order valence-electron chi connectivity index (χ1n) is 7.37. The Balaban J connectivity index is 1.95. The third kappa shape index (κ3) is 4.84. The maximum atomic E-state index is 11.7. The van der Waals surface area contributed by atoms with Gasteiger partial charge in [-0.2, -0.15) is 10.2 Å². The molecule has 28 heavy (non-hydrogen) atoms. The first kappa shape index (κ1) is 20.0. The van der Waals surface area contributed by atoms with Crippen LogP contribution in [-0.2, 0) is 9.59 Å². The lowest BCUT2D eigenvalue weighted by Crippen LogP contribution is -2.36. The summed E-state index contributed by atoms with van der Waals surface area (Å²) in [4.78, 5) is 43.0.